The van der Waals surface area contributed by atoms with E-state index in [1.165, 1.54) is 0 Å². The van der Waals surface area contributed by atoms with Crippen molar-refractivity contribution in [1.29, 1.82) is 0 Å². The summed E-state index contributed by atoms with van der Waals surface area (Å²) >= 11 is 0. The molecule has 8 heteroatoms. The van der Waals surface area contributed by atoms with Crippen molar-refractivity contribution in [3.8, 4) is 0 Å². The van der Waals surface area contributed by atoms with Gasteiger partial charge in [-0.25, -0.2) is 4.39 Å². The number of nitrogens with one attached hydrogen (secondary N) is 1. The number of carbonyl (C=O) groups excluding carboxylic acids is 1. The van der Waals surface area contributed by atoms with Crippen molar-refractivity contribution in [2.45, 2.75) is 95.5 Å². The Balaban J connectivity index is 1.61. The molecule has 1 aliphatic heterocycles. The highest BCUT2D eigenvalue weighted by Gasteiger charge is 2.39. The molecule has 1 aromatic rings. The number of carbonyl (C=O) groups is 1. The van der Waals surface area contributed by atoms with Gasteiger partial charge in [-0.1, -0.05) is 19.3 Å². The van der Waals surface area contributed by atoms with Crippen LogP contribution in [0.15, 0.2) is 29.5 Å². The summed E-state index contributed by atoms with van der Waals surface area (Å²) in [4.78, 5) is 15.1. The van der Waals surface area contributed by atoms with E-state index < -0.39 is 23.6 Å². The second-order valence-electron chi connectivity index (χ2n) is 10.2. The van der Waals surface area contributed by atoms with Crippen molar-refractivity contribution in [1.82, 2.24) is 10.2 Å². The Labute approximate surface area is 198 Å². The van der Waals surface area contributed by atoms with Gasteiger partial charge in [-0.3, -0.25) is 4.79 Å². The molecule has 0 spiro atoms. The van der Waals surface area contributed by atoms with E-state index in [4.69, 9.17) is 0 Å². The molecule has 2 saturated carbocycles. The number of alkyl halides is 3. The average Bonchev–Trinajstić information content (AvgIpc) is 3.11. The van der Waals surface area contributed by atoms with Crippen LogP contribution < -0.4 is 5.32 Å². The van der Waals surface area contributed by atoms with Gasteiger partial charge in [-0.2, -0.15) is 13.2 Å². The summed E-state index contributed by atoms with van der Waals surface area (Å²) in [6.45, 7) is 2.35. The van der Waals surface area contributed by atoms with E-state index in [0.29, 0.717) is 30.7 Å². The number of rotatable bonds is 5. The maximum absolute atomic E-state index is 14.9. The smallest absolute Gasteiger partial charge is 0.393 e. The predicted molar refractivity (Wildman–Crippen MR) is 121 cm³/mol. The molecular formula is C26H34F4N2O2. The van der Waals surface area contributed by atoms with E-state index in [2.05, 4.69) is 5.32 Å². The summed E-state index contributed by atoms with van der Waals surface area (Å²) in [7, 11) is 0. The molecule has 34 heavy (non-hydrogen) atoms. The lowest BCUT2D eigenvalue weighted by molar-refractivity contribution is -0.137. The van der Waals surface area contributed by atoms with Crippen LogP contribution in [0.1, 0.15) is 88.3 Å². The molecule has 0 bridgehead atoms. The van der Waals surface area contributed by atoms with Gasteiger partial charge in [0.15, 0.2) is 0 Å². The van der Waals surface area contributed by atoms with E-state index >= 15 is 0 Å². The van der Waals surface area contributed by atoms with Crippen LogP contribution in [0.2, 0.25) is 0 Å². The number of amides is 1. The molecule has 1 amide bonds. The third-order valence-corrected chi connectivity index (χ3v) is 7.81. The van der Waals surface area contributed by atoms with Gasteiger partial charge in [0.05, 0.1) is 17.7 Å². The third-order valence-electron chi connectivity index (χ3n) is 7.81. The molecule has 1 unspecified atom stereocenters. The zero-order valence-electron chi connectivity index (χ0n) is 19.6. The molecule has 0 saturated heterocycles. The molecule has 1 aromatic carbocycles. The van der Waals surface area contributed by atoms with Gasteiger partial charge in [0.1, 0.15) is 5.82 Å². The number of halogens is 4. The first-order valence-electron chi connectivity index (χ1n) is 12.5. The van der Waals surface area contributed by atoms with Crippen molar-refractivity contribution in [2.75, 3.05) is 6.54 Å². The maximum Gasteiger partial charge on any atom is 0.416 e. The lowest BCUT2D eigenvalue weighted by atomic mass is 9.86. The Bertz CT molecular complexity index is 916. The number of hydrogen-bond donors (Lipinski definition) is 2. The molecule has 2 aliphatic carbocycles. The van der Waals surface area contributed by atoms with Gasteiger partial charge >= 0.3 is 6.18 Å². The standard InChI is InChI=1S/C26H34F4N2O2/c1-16-21(25(34)31-19-5-3-2-4-6-19)14-24(32(16)15-17-7-10-20(33)11-8-17)22-13-18(26(28,29)30)9-12-23(22)27/h9,12-13,17,19-20,24,33H,2-8,10-11,14-15H2,1H3,(H,31,34). The van der Waals surface area contributed by atoms with Crippen LogP contribution in [0.5, 0.6) is 0 Å². The normalized spacial score (nSPS) is 26.8. The van der Waals surface area contributed by atoms with Crippen LogP contribution in [0, 0.1) is 11.7 Å². The van der Waals surface area contributed by atoms with Crippen LogP contribution in [0.25, 0.3) is 0 Å². The molecule has 2 N–H and O–H groups in total. The van der Waals surface area contributed by atoms with Crippen molar-refractivity contribution < 1.29 is 27.5 Å². The molecule has 188 valence electrons. The summed E-state index contributed by atoms with van der Waals surface area (Å²) in [6, 6.07) is 1.98. The Morgan fingerprint density at radius 1 is 1.09 bits per heavy atom. The van der Waals surface area contributed by atoms with Crippen molar-refractivity contribution in [2.24, 2.45) is 5.92 Å². The molecule has 1 atom stereocenters. The summed E-state index contributed by atoms with van der Waals surface area (Å²) in [5.74, 6) is -0.650. The Morgan fingerprint density at radius 2 is 1.76 bits per heavy atom. The first-order valence-corrected chi connectivity index (χ1v) is 12.5. The summed E-state index contributed by atoms with van der Waals surface area (Å²) < 4.78 is 55.1. The van der Waals surface area contributed by atoms with Crippen LogP contribution >= 0.6 is 0 Å². The zero-order valence-corrected chi connectivity index (χ0v) is 19.6. The highest BCUT2D eigenvalue weighted by molar-refractivity contribution is 5.95. The Morgan fingerprint density at radius 3 is 2.41 bits per heavy atom. The lowest BCUT2D eigenvalue weighted by Crippen LogP contribution is -2.37. The van der Waals surface area contributed by atoms with E-state index in [1.54, 1.807) is 0 Å². The summed E-state index contributed by atoms with van der Waals surface area (Å²) in [5, 5.41) is 13.0. The monoisotopic (exact) mass is 482 g/mol. The molecule has 0 radical (unpaired) electrons. The summed E-state index contributed by atoms with van der Waals surface area (Å²) in [6.07, 6.45) is 3.40. The molecule has 4 rings (SSSR count). The summed E-state index contributed by atoms with van der Waals surface area (Å²) in [5.41, 5.74) is 0.331. The highest BCUT2D eigenvalue weighted by atomic mass is 19.4. The van der Waals surface area contributed by atoms with E-state index in [0.717, 1.165) is 63.1 Å². The SMILES string of the molecule is CC1=C(C(=O)NC2CCCCC2)CC(c2cc(C(F)(F)F)ccc2F)N1CC1CCC(O)CC1. The van der Waals surface area contributed by atoms with Crippen molar-refractivity contribution >= 4 is 5.91 Å². The minimum atomic E-state index is -4.57. The van der Waals surface area contributed by atoms with Gasteiger partial charge in [0.2, 0.25) is 5.91 Å². The molecule has 0 aromatic heterocycles. The van der Waals surface area contributed by atoms with Crippen LogP contribution in [0.4, 0.5) is 17.6 Å². The van der Waals surface area contributed by atoms with Gasteiger partial charge < -0.3 is 15.3 Å². The van der Waals surface area contributed by atoms with Crippen LogP contribution in [-0.2, 0) is 11.0 Å². The number of benzene rings is 1. The van der Waals surface area contributed by atoms with Gasteiger partial charge in [-0.15, -0.1) is 0 Å². The number of aliphatic hydroxyl groups excluding tert-OH is 1. The van der Waals surface area contributed by atoms with Gasteiger partial charge in [0.25, 0.3) is 0 Å². The largest absolute Gasteiger partial charge is 0.416 e. The first kappa shape index (κ1) is 25.0. The Hall–Kier alpha value is -2.09. The van der Waals surface area contributed by atoms with Crippen molar-refractivity contribution in [3.63, 3.8) is 0 Å². The van der Waals surface area contributed by atoms with Gasteiger partial charge in [0, 0.05) is 35.8 Å². The van der Waals surface area contributed by atoms with E-state index in [9.17, 15) is 27.5 Å². The van der Waals surface area contributed by atoms with Gasteiger partial charge in [-0.05, 0) is 69.6 Å². The zero-order chi connectivity index (χ0) is 24.5. The minimum Gasteiger partial charge on any atom is -0.393 e. The molecule has 4 nitrogen and oxygen atoms in total. The fourth-order valence-corrected chi connectivity index (χ4v) is 5.76. The quantitative estimate of drug-likeness (QED) is 0.517. The second kappa shape index (κ2) is 10.3. The van der Waals surface area contributed by atoms with E-state index in [-0.39, 0.29) is 36.0 Å². The van der Waals surface area contributed by atoms with Crippen LogP contribution in [-0.4, -0.2) is 34.6 Å². The Kier molecular flexibility index (Phi) is 7.55. The fraction of sp³-hybridized carbons (Fsp3) is 0.654. The number of allylic oxidation sites excluding steroid dienone is 1. The van der Waals surface area contributed by atoms with Crippen LogP contribution in [0.3, 0.4) is 0 Å². The minimum absolute atomic E-state index is 0.0227. The third kappa shape index (κ3) is 5.58. The first-order chi connectivity index (χ1) is 16.1. The lowest BCUT2D eigenvalue weighted by Gasteiger charge is -2.35. The second-order valence-corrected chi connectivity index (χ2v) is 10.2. The number of aliphatic hydroxyl groups is 1. The predicted octanol–water partition coefficient (Wildman–Crippen LogP) is 5.87. The molecule has 2 fully saturated rings. The molecule has 3 aliphatic rings. The fourth-order valence-electron chi connectivity index (χ4n) is 5.76. The van der Waals surface area contributed by atoms with Crippen molar-refractivity contribution in [3.05, 3.63) is 46.4 Å². The highest BCUT2D eigenvalue weighted by Crippen LogP contribution is 2.43. The average molecular weight is 483 g/mol. The number of hydrogen-bond acceptors (Lipinski definition) is 3. The topological polar surface area (TPSA) is 52.6 Å². The maximum atomic E-state index is 14.9. The molecule has 1 heterocycles. The van der Waals surface area contributed by atoms with E-state index in [1.807, 2.05) is 11.8 Å². The number of nitrogens with zero attached hydrogens (tertiary/aromatic N) is 1. The molecular weight excluding hydrogens is 448 g/mol.